The SMILES string of the molecule is Cc1nc(SCC(=O)Nc2ccccc2C(=O)Nc2ccc(Cl)cc2)c(C(N)=O)c(C)c1C. The van der Waals surface area contributed by atoms with Crippen LogP contribution in [0.2, 0.25) is 5.02 Å². The van der Waals surface area contributed by atoms with Gasteiger partial charge in [0.05, 0.1) is 22.6 Å². The van der Waals surface area contributed by atoms with E-state index in [-0.39, 0.29) is 17.6 Å². The van der Waals surface area contributed by atoms with Gasteiger partial charge < -0.3 is 16.4 Å². The van der Waals surface area contributed by atoms with Gasteiger partial charge in [-0.05, 0) is 68.3 Å². The molecule has 170 valence electrons. The molecule has 0 aliphatic carbocycles. The van der Waals surface area contributed by atoms with Crippen LogP contribution in [0.25, 0.3) is 0 Å². The summed E-state index contributed by atoms with van der Waals surface area (Å²) in [5, 5.41) is 6.51. The van der Waals surface area contributed by atoms with Crippen molar-refractivity contribution in [1.82, 2.24) is 4.98 Å². The third-order valence-electron chi connectivity index (χ3n) is 5.10. The zero-order chi connectivity index (χ0) is 24.1. The molecular formula is C24H23ClN4O3S. The molecule has 0 aliphatic heterocycles. The topological polar surface area (TPSA) is 114 Å². The Hall–Kier alpha value is -3.36. The van der Waals surface area contributed by atoms with E-state index < -0.39 is 5.91 Å². The molecule has 0 aliphatic rings. The maximum Gasteiger partial charge on any atom is 0.257 e. The Labute approximate surface area is 201 Å². The average molecular weight is 483 g/mol. The second kappa shape index (κ2) is 10.5. The first-order valence-electron chi connectivity index (χ1n) is 10.0. The number of thioether (sulfide) groups is 1. The van der Waals surface area contributed by atoms with Crippen LogP contribution >= 0.6 is 23.4 Å². The van der Waals surface area contributed by atoms with Gasteiger partial charge in [-0.15, -0.1) is 0 Å². The Morgan fingerprint density at radius 3 is 2.30 bits per heavy atom. The van der Waals surface area contributed by atoms with Gasteiger partial charge in [0.1, 0.15) is 5.03 Å². The lowest BCUT2D eigenvalue weighted by Crippen LogP contribution is -2.20. The van der Waals surface area contributed by atoms with Gasteiger partial charge in [-0.25, -0.2) is 4.98 Å². The number of primary amides is 1. The fourth-order valence-corrected chi connectivity index (χ4v) is 4.21. The maximum absolute atomic E-state index is 12.7. The fraction of sp³-hybridized carbons (Fsp3) is 0.167. The maximum atomic E-state index is 12.7. The molecule has 7 nitrogen and oxygen atoms in total. The molecule has 3 rings (SSSR count). The fourth-order valence-electron chi connectivity index (χ4n) is 3.15. The molecule has 0 radical (unpaired) electrons. The van der Waals surface area contributed by atoms with Crippen LogP contribution in [0.4, 0.5) is 11.4 Å². The summed E-state index contributed by atoms with van der Waals surface area (Å²) >= 11 is 7.00. The highest BCUT2D eigenvalue weighted by Gasteiger charge is 2.19. The molecule has 0 atom stereocenters. The number of pyridine rings is 1. The second-order valence-electron chi connectivity index (χ2n) is 7.34. The van der Waals surface area contributed by atoms with Crippen LogP contribution in [0, 0.1) is 20.8 Å². The quantitative estimate of drug-likeness (QED) is 0.421. The number of carbonyl (C=O) groups is 3. The van der Waals surface area contributed by atoms with Crippen molar-refractivity contribution in [2.45, 2.75) is 25.8 Å². The number of anilines is 2. The zero-order valence-corrected chi connectivity index (χ0v) is 19.9. The van der Waals surface area contributed by atoms with E-state index in [0.29, 0.717) is 32.6 Å². The molecule has 1 heterocycles. The van der Waals surface area contributed by atoms with Crippen LogP contribution in [-0.2, 0) is 4.79 Å². The van der Waals surface area contributed by atoms with E-state index >= 15 is 0 Å². The molecule has 9 heteroatoms. The number of halogens is 1. The summed E-state index contributed by atoms with van der Waals surface area (Å²) in [6.07, 6.45) is 0. The van der Waals surface area contributed by atoms with E-state index in [1.54, 1.807) is 48.5 Å². The lowest BCUT2D eigenvalue weighted by Gasteiger charge is -2.14. The van der Waals surface area contributed by atoms with E-state index in [4.69, 9.17) is 17.3 Å². The lowest BCUT2D eigenvalue weighted by molar-refractivity contribution is -0.113. The van der Waals surface area contributed by atoms with Gasteiger partial charge >= 0.3 is 0 Å². The van der Waals surface area contributed by atoms with Crippen molar-refractivity contribution in [3.8, 4) is 0 Å². The van der Waals surface area contributed by atoms with Crippen molar-refractivity contribution in [3.05, 3.63) is 81.5 Å². The zero-order valence-electron chi connectivity index (χ0n) is 18.4. The third kappa shape index (κ3) is 5.91. The number of aryl methyl sites for hydroxylation is 1. The van der Waals surface area contributed by atoms with Crippen molar-refractivity contribution in [3.63, 3.8) is 0 Å². The molecule has 33 heavy (non-hydrogen) atoms. The molecule has 0 bridgehead atoms. The number of aromatic nitrogens is 1. The van der Waals surface area contributed by atoms with E-state index in [1.807, 2.05) is 20.8 Å². The van der Waals surface area contributed by atoms with Gasteiger partial charge in [0.2, 0.25) is 5.91 Å². The number of benzene rings is 2. The third-order valence-corrected chi connectivity index (χ3v) is 6.32. The van der Waals surface area contributed by atoms with E-state index in [2.05, 4.69) is 15.6 Å². The molecule has 0 fully saturated rings. The number of para-hydroxylation sites is 1. The summed E-state index contributed by atoms with van der Waals surface area (Å²) in [7, 11) is 0. The van der Waals surface area contributed by atoms with Crippen LogP contribution in [0.1, 0.15) is 37.5 Å². The van der Waals surface area contributed by atoms with E-state index in [1.165, 1.54) is 0 Å². The summed E-state index contributed by atoms with van der Waals surface area (Å²) in [4.78, 5) is 41.8. The second-order valence-corrected chi connectivity index (χ2v) is 8.74. The number of nitrogens with one attached hydrogen (secondary N) is 2. The smallest absolute Gasteiger partial charge is 0.257 e. The summed E-state index contributed by atoms with van der Waals surface area (Å²) in [5.41, 5.74) is 9.53. The van der Waals surface area contributed by atoms with Crippen molar-refractivity contribution < 1.29 is 14.4 Å². The number of nitrogens with two attached hydrogens (primary N) is 1. The van der Waals surface area contributed by atoms with Gasteiger partial charge in [0, 0.05) is 16.4 Å². The van der Waals surface area contributed by atoms with Gasteiger partial charge in [-0.1, -0.05) is 35.5 Å². The number of hydrogen-bond acceptors (Lipinski definition) is 5. The minimum absolute atomic E-state index is 0.0115. The molecule has 0 saturated carbocycles. The Morgan fingerprint density at radius 1 is 0.970 bits per heavy atom. The standard InChI is InChI=1S/C24H23ClN4O3S/c1-13-14(2)21(22(26)31)24(27-15(13)3)33-12-20(30)29-19-7-5-4-6-18(19)23(32)28-17-10-8-16(25)9-11-17/h4-11H,12H2,1-3H3,(H2,26,31)(H,28,32)(H,29,30). The van der Waals surface area contributed by atoms with Crippen molar-refractivity contribution in [2.24, 2.45) is 5.73 Å². The van der Waals surface area contributed by atoms with Crippen LogP contribution < -0.4 is 16.4 Å². The summed E-state index contributed by atoms with van der Waals surface area (Å²) in [6.45, 7) is 5.52. The van der Waals surface area contributed by atoms with Crippen LogP contribution in [0.5, 0.6) is 0 Å². The summed E-state index contributed by atoms with van der Waals surface area (Å²) in [5.74, 6) is -1.32. The molecule has 0 unspecified atom stereocenters. The Kier molecular flexibility index (Phi) is 7.73. The van der Waals surface area contributed by atoms with Gasteiger partial charge in [-0.2, -0.15) is 0 Å². The van der Waals surface area contributed by atoms with Crippen molar-refractivity contribution in [2.75, 3.05) is 16.4 Å². The number of carbonyl (C=O) groups excluding carboxylic acids is 3. The van der Waals surface area contributed by atoms with E-state index in [9.17, 15) is 14.4 Å². The molecule has 3 amide bonds. The normalized spacial score (nSPS) is 10.5. The Bertz CT molecular complexity index is 1230. The molecule has 2 aromatic carbocycles. The molecular weight excluding hydrogens is 460 g/mol. The number of nitrogens with zero attached hydrogens (tertiary/aromatic N) is 1. The van der Waals surface area contributed by atoms with Gasteiger partial charge in [-0.3, -0.25) is 14.4 Å². The Morgan fingerprint density at radius 2 is 1.64 bits per heavy atom. The first kappa shape index (κ1) is 24.3. The highest BCUT2D eigenvalue weighted by atomic mass is 35.5. The monoisotopic (exact) mass is 482 g/mol. The summed E-state index contributed by atoms with van der Waals surface area (Å²) in [6, 6.07) is 13.4. The highest BCUT2D eigenvalue weighted by molar-refractivity contribution is 8.00. The van der Waals surface area contributed by atoms with E-state index in [0.717, 1.165) is 28.6 Å². The number of rotatable bonds is 7. The van der Waals surface area contributed by atoms with Crippen LogP contribution in [0.3, 0.4) is 0 Å². The van der Waals surface area contributed by atoms with Crippen LogP contribution in [-0.4, -0.2) is 28.5 Å². The average Bonchev–Trinajstić information content (AvgIpc) is 2.77. The van der Waals surface area contributed by atoms with Crippen LogP contribution in [0.15, 0.2) is 53.6 Å². The highest BCUT2D eigenvalue weighted by Crippen LogP contribution is 2.27. The Balaban J connectivity index is 1.73. The van der Waals surface area contributed by atoms with Crippen molar-refractivity contribution in [1.29, 1.82) is 0 Å². The van der Waals surface area contributed by atoms with Gasteiger partial charge in [0.25, 0.3) is 11.8 Å². The molecule has 0 spiro atoms. The largest absolute Gasteiger partial charge is 0.366 e. The number of hydrogen-bond donors (Lipinski definition) is 3. The number of amides is 3. The first-order chi connectivity index (χ1) is 15.7. The predicted octanol–water partition coefficient (Wildman–Crippen LogP) is 4.74. The molecule has 0 saturated heterocycles. The molecule has 4 N–H and O–H groups in total. The van der Waals surface area contributed by atoms with Crippen molar-refractivity contribution >= 4 is 52.5 Å². The predicted molar refractivity (Wildman–Crippen MR) is 132 cm³/mol. The molecule has 3 aromatic rings. The summed E-state index contributed by atoms with van der Waals surface area (Å²) < 4.78 is 0. The minimum atomic E-state index is -0.588. The molecule has 1 aromatic heterocycles. The minimum Gasteiger partial charge on any atom is -0.366 e. The first-order valence-corrected chi connectivity index (χ1v) is 11.4. The van der Waals surface area contributed by atoms with Gasteiger partial charge in [0.15, 0.2) is 0 Å². The lowest BCUT2D eigenvalue weighted by atomic mass is 10.0.